The van der Waals surface area contributed by atoms with Crippen LogP contribution in [0.5, 0.6) is 0 Å². The third-order valence-corrected chi connectivity index (χ3v) is 4.25. The fourth-order valence-corrected chi connectivity index (χ4v) is 2.63. The van der Waals surface area contributed by atoms with Crippen LogP contribution in [0.15, 0.2) is 48.5 Å². The van der Waals surface area contributed by atoms with E-state index in [1.165, 1.54) is 16.0 Å². The van der Waals surface area contributed by atoms with Crippen molar-refractivity contribution in [2.75, 3.05) is 32.5 Å². The summed E-state index contributed by atoms with van der Waals surface area (Å²) in [6.45, 7) is 5.05. The van der Waals surface area contributed by atoms with Gasteiger partial charge in [-0.25, -0.2) is 0 Å². The first-order valence-electron chi connectivity index (χ1n) is 8.68. The Labute approximate surface area is 155 Å². The quantitative estimate of drug-likeness (QED) is 0.833. The van der Waals surface area contributed by atoms with Gasteiger partial charge >= 0.3 is 0 Å². The Morgan fingerprint density at radius 2 is 1.58 bits per heavy atom. The van der Waals surface area contributed by atoms with E-state index in [1.807, 2.05) is 55.3 Å². The zero-order valence-corrected chi connectivity index (χ0v) is 16.0. The summed E-state index contributed by atoms with van der Waals surface area (Å²) in [5.41, 5.74) is 4.27. The number of carbonyl (C=O) groups is 2. The highest BCUT2D eigenvalue weighted by Gasteiger charge is 2.15. The van der Waals surface area contributed by atoms with Gasteiger partial charge in [0, 0.05) is 19.3 Å². The topological polar surface area (TPSA) is 52.7 Å². The van der Waals surface area contributed by atoms with Crippen molar-refractivity contribution in [3.63, 3.8) is 0 Å². The second kappa shape index (κ2) is 9.15. The molecule has 138 valence electrons. The van der Waals surface area contributed by atoms with Crippen molar-refractivity contribution < 1.29 is 9.59 Å². The summed E-state index contributed by atoms with van der Waals surface area (Å²) in [7, 11) is 3.56. The van der Waals surface area contributed by atoms with Crippen molar-refractivity contribution in [1.29, 1.82) is 0 Å². The molecule has 1 N–H and O–H groups in total. The zero-order chi connectivity index (χ0) is 19.1. The molecule has 0 radical (unpaired) electrons. The number of amides is 2. The maximum absolute atomic E-state index is 12.4. The van der Waals surface area contributed by atoms with Crippen LogP contribution in [-0.2, 0) is 16.1 Å². The molecule has 2 rings (SSSR count). The van der Waals surface area contributed by atoms with Crippen LogP contribution in [0, 0.1) is 13.8 Å². The fraction of sp³-hybridized carbons (Fsp3) is 0.333. The normalized spacial score (nSPS) is 10.7. The molecule has 0 bridgehead atoms. The molecule has 2 aromatic carbocycles. The molecular formula is C21H27N3O2. The molecule has 0 heterocycles. The van der Waals surface area contributed by atoms with Gasteiger partial charge in [-0.2, -0.15) is 0 Å². The molecule has 5 nitrogen and oxygen atoms in total. The highest BCUT2D eigenvalue weighted by molar-refractivity contribution is 5.94. The minimum atomic E-state index is -0.203. The number of likely N-dealkylation sites (N-methyl/N-ethyl adjacent to an activating group) is 2. The van der Waals surface area contributed by atoms with Gasteiger partial charge in [-0.1, -0.05) is 42.0 Å². The molecule has 0 aliphatic carbocycles. The number of hydrogen-bond donors (Lipinski definition) is 1. The van der Waals surface area contributed by atoms with Crippen LogP contribution in [0.1, 0.15) is 16.7 Å². The van der Waals surface area contributed by atoms with E-state index in [2.05, 4.69) is 24.4 Å². The molecule has 0 aliphatic rings. The van der Waals surface area contributed by atoms with Crippen LogP contribution < -0.4 is 5.32 Å². The van der Waals surface area contributed by atoms with E-state index in [1.54, 1.807) is 7.05 Å². The van der Waals surface area contributed by atoms with E-state index in [-0.39, 0.29) is 24.9 Å². The lowest BCUT2D eigenvalue weighted by atomic mass is 10.1. The van der Waals surface area contributed by atoms with Gasteiger partial charge in [-0.05, 0) is 44.2 Å². The van der Waals surface area contributed by atoms with E-state index in [0.717, 1.165) is 11.3 Å². The number of aryl methyl sites for hydroxylation is 2. The predicted molar refractivity (Wildman–Crippen MR) is 105 cm³/mol. The molecule has 5 heteroatoms. The lowest BCUT2D eigenvalue weighted by Gasteiger charge is -2.22. The van der Waals surface area contributed by atoms with Crippen molar-refractivity contribution in [3.8, 4) is 0 Å². The molecular weight excluding hydrogens is 326 g/mol. The van der Waals surface area contributed by atoms with Crippen molar-refractivity contribution in [2.24, 2.45) is 0 Å². The summed E-state index contributed by atoms with van der Waals surface area (Å²) < 4.78 is 0. The van der Waals surface area contributed by atoms with Crippen LogP contribution in [0.4, 0.5) is 5.69 Å². The predicted octanol–water partition coefficient (Wildman–Crippen LogP) is 2.83. The smallest absolute Gasteiger partial charge is 0.243 e. The Morgan fingerprint density at radius 1 is 0.923 bits per heavy atom. The van der Waals surface area contributed by atoms with Gasteiger partial charge in [0.05, 0.1) is 13.1 Å². The maximum Gasteiger partial charge on any atom is 0.243 e. The van der Waals surface area contributed by atoms with E-state index >= 15 is 0 Å². The van der Waals surface area contributed by atoms with Gasteiger partial charge in [-0.15, -0.1) is 0 Å². The number of rotatable bonds is 7. The number of benzene rings is 2. The lowest BCUT2D eigenvalue weighted by molar-refractivity contribution is -0.134. The number of anilines is 1. The fourth-order valence-electron chi connectivity index (χ4n) is 2.63. The van der Waals surface area contributed by atoms with Crippen molar-refractivity contribution in [1.82, 2.24) is 9.80 Å². The van der Waals surface area contributed by atoms with E-state index < -0.39 is 0 Å². The number of carbonyl (C=O) groups excluding carboxylic acids is 2. The monoisotopic (exact) mass is 353 g/mol. The Bertz CT molecular complexity index is 756. The van der Waals surface area contributed by atoms with Gasteiger partial charge in [-0.3, -0.25) is 14.5 Å². The molecule has 2 aromatic rings. The molecule has 0 aromatic heterocycles. The van der Waals surface area contributed by atoms with Crippen molar-refractivity contribution >= 4 is 17.5 Å². The summed E-state index contributed by atoms with van der Waals surface area (Å²) in [5.74, 6) is -0.286. The highest BCUT2D eigenvalue weighted by atomic mass is 16.2. The zero-order valence-electron chi connectivity index (χ0n) is 16.0. The maximum atomic E-state index is 12.4. The Kier molecular flexibility index (Phi) is 6.92. The number of nitrogens with zero attached hydrogens (tertiary/aromatic N) is 2. The lowest BCUT2D eigenvalue weighted by Crippen LogP contribution is -2.40. The average molecular weight is 353 g/mol. The van der Waals surface area contributed by atoms with Gasteiger partial charge in [0.1, 0.15) is 0 Å². The SMILES string of the molecule is Cc1ccc(NC(=O)CN(C)C(=O)CN(C)Cc2ccccc2C)cc1. The minimum absolute atomic E-state index is 0.0327. The first-order chi connectivity index (χ1) is 12.3. The van der Waals surface area contributed by atoms with E-state index in [9.17, 15) is 9.59 Å². The second-order valence-corrected chi connectivity index (χ2v) is 6.76. The van der Waals surface area contributed by atoms with Crippen LogP contribution >= 0.6 is 0 Å². The van der Waals surface area contributed by atoms with Crippen molar-refractivity contribution in [2.45, 2.75) is 20.4 Å². The van der Waals surface area contributed by atoms with Gasteiger partial charge in [0.2, 0.25) is 11.8 Å². The third kappa shape index (κ3) is 6.01. The molecule has 2 amide bonds. The molecule has 0 fully saturated rings. The Morgan fingerprint density at radius 3 is 2.23 bits per heavy atom. The van der Waals surface area contributed by atoms with Crippen molar-refractivity contribution in [3.05, 3.63) is 65.2 Å². The van der Waals surface area contributed by atoms with Gasteiger partial charge < -0.3 is 10.2 Å². The molecule has 0 aliphatic heterocycles. The van der Waals surface area contributed by atoms with Gasteiger partial charge in [0.15, 0.2) is 0 Å². The second-order valence-electron chi connectivity index (χ2n) is 6.76. The molecule has 26 heavy (non-hydrogen) atoms. The summed E-state index contributed by atoms with van der Waals surface area (Å²) in [6, 6.07) is 15.7. The minimum Gasteiger partial charge on any atom is -0.335 e. The molecule has 0 unspecified atom stereocenters. The average Bonchev–Trinajstić information content (AvgIpc) is 2.58. The Hall–Kier alpha value is -2.66. The van der Waals surface area contributed by atoms with Crippen LogP contribution in [-0.4, -0.2) is 48.8 Å². The largest absolute Gasteiger partial charge is 0.335 e. The highest BCUT2D eigenvalue weighted by Crippen LogP contribution is 2.10. The molecule has 0 spiro atoms. The summed E-state index contributed by atoms with van der Waals surface area (Å²) in [4.78, 5) is 27.9. The van der Waals surface area contributed by atoms with Crippen LogP contribution in [0.3, 0.4) is 0 Å². The number of nitrogens with one attached hydrogen (secondary N) is 1. The van der Waals surface area contributed by atoms with Crippen LogP contribution in [0.2, 0.25) is 0 Å². The van der Waals surface area contributed by atoms with E-state index in [0.29, 0.717) is 6.54 Å². The molecule has 0 saturated carbocycles. The summed E-state index contributed by atoms with van der Waals surface area (Å²) in [5, 5.41) is 2.81. The van der Waals surface area contributed by atoms with E-state index in [4.69, 9.17) is 0 Å². The number of hydrogen-bond acceptors (Lipinski definition) is 3. The standard InChI is InChI=1S/C21H27N3O2/c1-16-9-11-19(12-10-16)22-20(25)14-24(4)21(26)15-23(3)13-18-8-6-5-7-17(18)2/h5-12H,13-15H2,1-4H3,(H,22,25). The molecule has 0 atom stereocenters. The van der Waals surface area contributed by atoms with Crippen LogP contribution in [0.25, 0.3) is 0 Å². The molecule has 0 saturated heterocycles. The first kappa shape index (κ1) is 19.7. The van der Waals surface area contributed by atoms with Gasteiger partial charge in [0.25, 0.3) is 0 Å². The summed E-state index contributed by atoms with van der Waals surface area (Å²) in [6.07, 6.45) is 0. The Balaban J connectivity index is 1.81. The summed E-state index contributed by atoms with van der Waals surface area (Å²) >= 11 is 0. The first-order valence-corrected chi connectivity index (χ1v) is 8.68. The third-order valence-electron chi connectivity index (χ3n) is 4.25.